The number of benzene rings is 1. The Bertz CT molecular complexity index is 600. The minimum absolute atomic E-state index is 0.441. The summed E-state index contributed by atoms with van der Waals surface area (Å²) in [5, 5.41) is 9.67. The van der Waals surface area contributed by atoms with E-state index in [1.165, 1.54) is 44.1 Å². The molecule has 0 saturated heterocycles. The maximum absolute atomic E-state index is 9.67. The predicted molar refractivity (Wildman–Crippen MR) is 75.1 cm³/mol. The number of hydrogen-bond acceptors (Lipinski definition) is 1. The van der Waals surface area contributed by atoms with Crippen molar-refractivity contribution >= 4 is 0 Å². The summed E-state index contributed by atoms with van der Waals surface area (Å²) >= 11 is 0. The van der Waals surface area contributed by atoms with Crippen LogP contribution in [0.25, 0.3) is 0 Å². The lowest BCUT2D eigenvalue weighted by molar-refractivity contribution is 0.121. The summed E-state index contributed by atoms with van der Waals surface area (Å²) in [4.78, 5) is 0. The zero-order chi connectivity index (χ0) is 12.6. The molecular formula is C18H20O. The van der Waals surface area contributed by atoms with Crippen LogP contribution in [0, 0.1) is 17.3 Å². The van der Waals surface area contributed by atoms with Gasteiger partial charge in [0.05, 0.1) is 0 Å². The van der Waals surface area contributed by atoms with Crippen molar-refractivity contribution in [1.29, 1.82) is 0 Å². The second kappa shape index (κ2) is 3.26. The smallest absolute Gasteiger partial charge is 0.115 e. The van der Waals surface area contributed by atoms with E-state index in [9.17, 15) is 5.11 Å². The van der Waals surface area contributed by atoms with Crippen LogP contribution in [-0.4, -0.2) is 5.11 Å². The Hall–Kier alpha value is -1.24. The highest BCUT2D eigenvalue weighted by molar-refractivity contribution is 5.47. The molecule has 0 bridgehead atoms. The highest BCUT2D eigenvalue weighted by atomic mass is 16.3. The molecule has 0 aliphatic heterocycles. The summed E-state index contributed by atoms with van der Waals surface area (Å²) in [6.45, 7) is 0. The van der Waals surface area contributed by atoms with E-state index in [0.29, 0.717) is 11.2 Å². The second-order valence-electron chi connectivity index (χ2n) is 7.09. The predicted octanol–water partition coefficient (Wildman–Crippen LogP) is 4.17. The lowest BCUT2D eigenvalue weighted by atomic mass is 9.58. The maximum Gasteiger partial charge on any atom is 0.115 e. The molecule has 0 amide bonds. The molecule has 1 spiro atoms. The highest BCUT2D eigenvalue weighted by Crippen LogP contribution is 2.70. The molecule has 5 rings (SSSR count). The van der Waals surface area contributed by atoms with Gasteiger partial charge in [0, 0.05) is 5.41 Å². The Morgan fingerprint density at radius 1 is 1.11 bits per heavy atom. The van der Waals surface area contributed by atoms with E-state index in [1.54, 1.807) is 11.1 Å². The normalized spacial score (nSPS) is 41.7. The van der Waals surface area contributed by atoms with Crippen LogP contribution in [0.5, 0.6) is 5.75 Å². The lowest BCUT2D eigenvalue weighted by Gasteiger charge is -2.46. The van der Waals surface area contributed by atoms with Crippen LogP contribution >= 0.6 is 0 Å². The first-order valence-electron chi connectivity index (χ1n) is 7.82. The van der Waals surface area contributed by atoms with Crippen LogP contribution in [0.15, 0.2) is 29.8 Å². The van der Waals surface area contributed by atoms with Gasteiger partial charge >= 0.3 is 0 Å². The van der Waals surface area contributed by atoms with Crippen LogP contribution in [0.3, 0.4) is 0 Å². The van der Waals surface area contributed by atoms with E-state index in [4.69, 9.17) is 0 Å². The quantitative estimate of drug-likeness (QED) is 0.687. The fourth-order valence-electron chi connectivity index (χ4n) is 5.68. The van der Waals surface area contributed by atoms with Crippen molar-refractivity contribution in [3.8, 4) is 5.75 Å². The SMILES string of the molecule is Oc1ccc2c(c1)CCC1[C@@H]2CC[C@]23C=C2CC[C@@H]13. The minimum atomic E-state index is 0.441. The molecule has 1 nitrogen and oxygen atoms in total. The number of aryl methyl sites for hydroxylation is 1. The van der Waals surface area contributed by atoms with Crippen LogP contribution in [0.2, 0.25) is 0 Å². The van der Waals surface area contributed by atoms with Crippen molar-refractivity contribution in [2.24, 2.45) is 17.3 Å². The molecule has 1 aromatic rings. The molecule has 2 fully saturated rings. The summed E-state index contributed by atoms with van der Waals surface area (Å²) in [6, 6.07) is 6.10. The van der Waals surface area contributed by atoms with Crippen LogP contribution in [-0.2, 0) is 6.42 Å². The van der Waals surface area contributed by atoms with Crippen molar-refractivity contribution in [2.45, 2.75) is 44.4 Å². The first-order chi connectivity index (χ1) is 9.28. The van der Waals surface area contributed by atoms with Gasteiger partial charge in [-0.15, -0.1) is 0 Å². The Morgan fingerprint density at radius 2 is 2.05 bits per heavy atom. The average Bonchev–Trinajstić information content (AvgIpc) is 3.00. The first-order valence-corrected chi connectivity index (χ1v) is 7.82. The lowest BCUT2D eigenvalue weighted by Crippen LogP contribution is -2.36. The largest absolute Gasteiger partial charge is 0.508 e. The van der Waals surface area contributed by atoms with Gasteiger partial charge in [-0.05, 0) is 79.5 Å². The van der Waals surface area contributed by atoms with Gasteiger partial charge in [0.15, 0.2) is 0 Å². The third-order valence-electron chi connectivity index (χ3n) is 6.51. The molecule has 1 unspecified atom stereocenters. The Balaban J connectivity index is 1.56. The van der Waals surface area contributed by atoms with Crippen molar-refractivity contribution < 1.29 is 5.11 Å². The van der Waals surface area contributed by atoms with E-state index in [0.717, 1.165) is 17.8 Å². The van der Waals surface area contributed by atoms with Crippen molar-refractivity contribution in [1.82, 2.24) is 0 Å². The highest BCUT2D eigenvalue weighted by Gasteiger charge is 2.60. The fraction of sp³-hybridized carbons (Fsp3) is 0.556. The molecule has 0 heterocycles. The van der Waals surface area contributed by atoms with Crippen molar-refractivity contribution in [3.63, 3.8) is 0 Å². The summed E-state index contributed by atoms with van der Waals surface area (Å²) in [7, 11) is 0. The monoisotopic (exact) mass is 252 g/mol. The number of allylic oxidation sites excluding steroid dienone is 2. The molecule has 1 heteroatoms. The number of aromatic hydroxyl groups is 1. The van der Waals surface area contributed by atoms with Crippen LogP contribution < -0.4 is 0 Å². The topological polar surface area (TPSA) is 20.2 Å². The molecule has 0 radical (unpaired) electrons. The van der Waals surface area contributed by atoms with E-state index in [-0.39, 0.29) is 0 Å². The average molecular weight is 252 g/mol. The summed E-state index contributed by atoms with van der Waals surface area (Å²) in [5.74, 6) is 3.06. The maximum atomic E-state index is 9.67. The summed E-state index contributed by atoms with van der Waals surface area (Å²) in [6.07, 6.45) is 10.7. The standard InChI is InChI=1S/C18H20O/c19-13-3-5-14-11(9-13)1-4-16-15(14)7-8-18-10-12(18)2-6-17(16)18/h3,5,9-10,15-17,19H,1-2,4,6-8H2/t15-,16?,17+,18+/m1/s1. The van der Waals surface area contributed by atoms with Gasteiger partial charge < -0.3 is 5.11 Å². The molecule has 0 aromatic heterocycles. The molecular weight excluding hydrogens is 232 g/mol. The van der Waals surface area contributed by atoms with Gasteiger partial charge in [-0.2, -0.15) is 0 Å². The van der Waals surface area contributed by atoms with Crippen LogP contribution in [0.1, 0.15) is 49.1 Å². The van der Waals surface area contributed by atoms with Gasteiger partial charge in [-0.3, -0.25) is 0 Å². The molecule has 2 saturated carbocycles. The van der Waals surface area contributed by atoms with Crippen LogP contribution in [0.4, 0.5) is 0 Å². The molecule has 4 aliphatic carbocycles. The molecule has 4 atom stereocenters. The zero-order valence-electron chi connectivity index (χ0n) is 11.2. The summed E-state index contributed by atoms with van der Waals surface area (Å²) < 4.78 is 0. The van der Waals surface area contributed by atoms with Crippen molar-refractivity contribution in [3.05, 3.63) is 41.0 Å². The third-order valence-corrected chi connectivity index (χ3v) is 6.51. The molecule has 1 N–H and O–H groups in total. The van der Waals surface area contributed by atoms with E-state index in [2.05, 4.69) is 12.1 Å². The number of fused-ring (bicyclic) bond motifs is 4. The van der Waals surface area contributed by atoms with Gasteiger partial charge in [0.1, 0.15) is 5.75 Å². The second-order valence-corrected chi connectivity index (χ2v) is 7.09. The number of phenolic OH excluding ortho intramolecular Hbond substituents is 1. The molecule has 19 heavy (non-hydrogen) atoms. The Kier molecular flexibility index (Phi) is 1.81. The number of hydrogen-bond donors (Lipinski definition) is 1. The fourth-order valence-corrected chi connectivity index (χ4v) is 5.68. The first kappa shape index (κ1) is 10.5. The van der Waals surface area contributed by atoms with E-state index in [1.807, 2.05) is 12.1 Å². The number of rotatable bonds is 0. The Labute approximate surface area is 114 Å². The summed E-state index contributed by atoms with van der Waals surface area (Å²) in [5.41, 5.74) is 5.37. The van der Waals surface area contributed by atoms with Gasteiger partial charge in [-0.25, -0.2) is 0 Å². The zero-order valence-corrected chi connectivity index (χ0v) is 11.2. The van der Waals surface area contributed by atoms with E-state index >= 15 is 0 Å². The molecule has 4 aliphatic rings. The van der Waals surface area contributed by atoms with Gasteiger partial charge in [-0.1, -0.05) is 17.7 Å². The van der Waals surface area contributed by atoms with Gasteiger partial charge in [0.2, 0.25) is 0 Å². The third kappa shape index (κ3) is 1.22. The van der Waals surface area contributed by atoms with Gasteiger partial charge in [0.25, 0.3) is 0 Å². The number of phenols is 1. The van der Waals surface area contributed by atoms with E-state index < -0.39 is 0 Å². The minimum Gasteiger partial charge on any atom is -0.508 e. The molecule has 1 aromatic carbocycles. The molecule has 98 valence electrons. The Morgan fingerprint density at radius 3 is 2.95 bits per heavy atom. The van der Waals surface area contributed by atoms with Crippen molar-refractivity contribution in [2.75, 3.05) is 0 Å².